The smallest absolute Gasteiger partial charge is 0.185 e. The van der Waals surface area contributed by atoms with Gasteiger partial charge < -0.3 is 4.74 Å². The van der Waals surface area contributed by atoms with E-state index in [-0.39, 0.29) is 5.78 Å². The Hall–Kier alpha value is -2.43. The summed E-state index contributed by atoms with van der Waals surface area (Å²) in [4.78, 5) is 12.0. The van der Waals surface area contributed by atoms with E-state index < -0.39 is 0 Å². The number of ether oxygens (including phenoxy) is 1. The van der Waals surface area contributed by atoms with Crippen LogP contribution in [0.3, 0.4) is 0 Å². The zero-order chi connectivity index (χ0) is 15.2. The van der Waals surface area contributed by atoms with Gasteiger partial charge in [-0.1, -0.05) is 23.4 Å². The highest BCUT2D eigenvalue weighted by molar-refractivity contribution is 5.95. The van der Waals surface area contributed by atoms with Crippen molar-refractivity contribution in [1.82, 2.24) is 15.0 Å². The molecule has 0 saturated carbocycles. The number of carbonyl (C=O) groups is 1. The highest BCUT2D eigenvalue weighted by Gasteiger charge is 2.15. The first-order chi connectivity index (χ1) is 10.2. The lowest BCUT2D eigenvalue weighted by molar-refractivity contribution is 0.0978. The number of nitrogens with zero attached hydrogens (tertiary/aromatic N) is 3. The van der Waals surface area contributed by atoms with Crippen LogP contribution in [0.2, 0.25) is 0 Å². The molecule has 0 radical (unpaired) electrons. The zero-order valence-electron chi connectivity index (χ0n) is 12.4. The Morgan fingerprint density at radius 2 is 2.10 bits per heavy atom. The van der Waals surface area contributed by atoms with Crippen molar-refractivity contribution >= 4 is 5.78 Å². The van der Waals surface area contributed by atoms with E-state index in [1.807, 2.05) is 31.2 Å². The Morgan fingerprint density at radius 3 is 2.71 bits per heavy atom. The van der Waals surface area contributed by atoms with Gasteiger partial charge in [0.15, 0.2) is 11.5 Å². The Bertz CT molecular complexity index is 629. The molecule has 0 N–H and O–H groups in total. The molecule has 5 heteroatoms. The number of carbonyl (C=O) groups excluding carboxylic acids is 1. The molecule has 0 bridgehead atoms. The van der Waals surface area contributed by atoms with Gasteiger partial charge in [0.1, 0.15) is 5.75 Å². The summed E-state index contributed by atoms with van der Waals surface area (Å²) in [6.07, 6.45) is 2.81. The Kier molecular flexibility index (Phi) is 4.87. The second-order valence-electron chi connectivity index (χ2n) is 4.78. The molecule has 110 valence electrons. The van der Waals surface area contributed by atoms with Crippen LogP contribution in [0.5, 0.6) is 5.75 Å². The number of Topliss-reactive ketones (excluding diaryl/α,β-unsaturated/α-hetero) is 1. The molecule has 0 atom stereocenters. The van der Waals surface area contributed by atoms with Crippen LogP contribution in [-0.2, 0) is 6.54 Å². The molecule has 2 aromatic rings. The van der Waals surface area contributed by atoms with Gasteiger partial charge in [-0.25, -0.2) is 4.68 Å². The van der Waals surface area contributed by atoms with Gasteiger partial charge in [-0.15, -0.1) is 11.7 Å². The Labute approximate surface area is 124 Å². The summed E-state index contributed by atoms with van der Waals surface area (Å²) >= 11 is 0. The molecule has 0 fully saturated rings. The predicted octanol–water partition coefficient (Wildman–Crippen LogP) is 2.79. The summed E-state index contributed by atoms with van der Waals surface area (Å²) in [5, 5.41) is 8.07. The highest BCUT2D eigenvalue weighted by Crippen LogP contribution is 2.14. The number of hydrogen-bond donors (Lipinski definition) is 0. The van der Waals surface area contributed by atoms with Crippen molar-refractivity contribution in [3.63, 3.8) is 0 Å². The van der Waals surface area contributed by atoms with Crippen LogP contribution in [0, 0.1) is 6.92 Å². The fraction of sp³-hybridized carbons (Fsp3) is 0.312. The van der Waals surface area contributed by atoms with Crippen LogP contribution in [0.25, 0.3) is 0 Å². The van der Waals surface area contributed by atoms with E-state index in [1.54, 1.807) is 17.9 Å². The van der Waals surface area contributed by atoms with E-state index in [0.29, 0.717) is 25.1 Å². The molecule has 1 aromatic heterocycles. The minimum Gasteiger partial charge on any atom is -0.497 e. The maximum absolute atomic E-state index is 12.0. The van der Waals surface area contributed by atoms with Crippen LogP contribution in [0.4, 0.5) is 0 Å². The van der Waals surface area contributed by atoms with Crippen molar-refractivity contribution in [2.45, 2.75) is 26.3 Å². The minimum absolute atomic E-state index is 0.00776. The van der Waals surface area contributed by atoms with Crippen molar-refractivity contribution in [3.8, 4) is 5.75 Å². The Morgan fingerprint density at radius 1 is 1.38 bits per heavy atom. The minimum atomic E-state index is 0.00776. The van der Waals surface area contributed by atoms with E-state index in [0.717, 1.165) is 17.0 Å². The third kappa shape index (κ3) is 3.56. The molecule has 0 aliphatic carbocycles. The summed E-state index contributed by atoms with van der Waals surface area (Å²) < 4.78 is 6.87. The quantitative estimate of drug-likeness (QED) is 0.580. The van der Waals surface area contributed by atoms with Crippen molar-refractivity contribution in [3.05, 3.63) is 53.9 Å². The van der Waals surface area contributed by atoms with Crippen molar-refractivity contribution in [2.75, 3.05) is 7.11 Å². The van der Waals surface area contributed by atoms with E-state index in [2.05, 4.69) is 16.9 Å². The van der Waals surface area contributed by atoms with Crippen molar-refractivity contribution < 1.29 is 9.53 Å². The molecule has 0 unspecified atom stereocenters. The highest BCUT2D eigenvalue weighted by atomic mass is 16.5. The van der Waals surface area contributed by atoms with E-state index in [1.165, 1.54) is 0 Å². The molecular weight excluding hydrogens is 266 g/mol. The topological polar surface area (TPSA) is 57.0 Å². The number of allylic oxidation sites excluding steroid dienone is 1. The summed E-state index contributed by atoms with van der Waals surface area (Å²) in [7, 11) is 1.64. The van der Waals surface area contributed by atoms with Gasteiger partial charge in [0.05, 0.1) is 19.3 Å². The normalized spacial score (nSPS) is 10.4. The monoisotopic (exact) mass is 285 g/mol. The number of aromatic nitrogens is 3. The average Bonchev–Trinajstić information content (AvgIpc) is 2.87. The Balaban J connectivity index is 2.12. The summed E-state index contributed by atoms with van der Waals surface area (Å²) in [6.45, 7) is 6.07. The number of ketones is 1. The molecule has 0 amide bonds. The van der Waals surface area contributed by atoms with Gasteiger partial charge in [-0.3, -0.25) is 4.79 Å². The van der Waals surface area contributed by atoms with Gasteiger partial charge in [0.2, 0.25) is 0 Å². The van der Waals surface area contributed by atoms with E-state index >= 15 is 0 Å². The third-order valence-electron chi connectivity index (χ3n) is 3.31. The maximum Gasteiger partial charge on any atom is 0.185 e. The van der Waals surface area contributed by atoms with Crippen molar-refractivity contribution in [1.29, 1.82) is 0 Å². The summed E-state index contributed by atoms with van der Waals surface area (Å²) in [6, 6.07) is 7.74. The van der Waals surface area contributed by atoms with Crippen LogP contribution in [0.1, 0.15) is 34.6 Å². The lowest BCUT2D eigenvalue weighted by atomic mass is 10.1. The molecule has 0 spiro atoms. The fourth-order valence-electron chi connectivity index (χ4n) is 2.02. The molecule has 0 saturated heterocycles. The van der Waals surface area contributed by atoms with Gasteiger partial charge in [0, 0.05) is 6.42 Å². The zero-order valence-corrected chi connectivity index (χ0v) is 12.4. The van der Waals surface area contributed by atoms with Crippen LogP contribution >= 0.6 is 0 Å². The standard InChI is InChI=1S/C16H19N3O2/c1-4-5-6-15(20)16-12(2)19(18-17-16)11-13-7-9-14(21-3)10-8-13/h4,7-10H,1,5-6,11H2,2-3H3. The summed E-state index contributed by atoms with van der Waals surface area (Å²) in [5.74, 6) is 0.822. The molecule has 1 aromatic carbocycles. The number of methoxy groups -OCH3 is 1. The largest absolute Gasteiger partial charge is 0.497 e. The number of benzene rings is 1. The van der Waals surface area contributed by atoms with Crippen molar-refractivity contribution in [2.24, 2.45) is 0 Å². The van der Waals surface area contributed by atoms with E-state index in [9.17, 15) is 4.79 Å². The fourth-order valence-corrected chi connectivity index (χ4v) is 2.02. The first-order valence-corrected chi connectivity index (χ1v) is 6.82. The van der Waals surface area contributed by atoms with Gasteiger partial charge in [-0.2, -0.15) is 0 Å². The molecular formula is C16H19N3O2. The maximum atomic E-state index is 12.0. The lowest BCUT2D eigenvalue weighted by Gasteiger charge is -2.05. The van der Waals surface area contributed by atoms with Crippen LogP contribution < -0.4 is 4.74 Å². The molecule has 0 aliphatic heterocycles. The number of hydrogen-bond acceptors (Lipinski definition) is 4. The molecule has 1 heterocycles. The lowest BCUT2D eigenvalue weighted by Crippen LogP contribution is -2.06. The van der Waals surface area contributed by atoms with Crippen LogP contribution in [-0.4, -0.2) is 27.9 Å². The van der Waals surface area contributed by atoms with E-state index in [4.69, 9.17) is 4.74 Å². The molecule has 0 aliphatic rings. The first-order valence-electron chi connectivity index (χ1n) is 6.82. The predicted molar refractivity (Wildman–Crippen MR) is 80.6 cm³/mol. The second kappa shape index (κ2) is 6.83. The summed E-state index contributed by atoms with van der Waals surface area (Å²) in [5.41, 5.74) is 2.32. The molecule has 5 nitrogen and oxygen atoms in total. The van der Waals surface area contributed by atoms with Gasteiger partial charge in [-0.05, 0) is 31.0 Å². The average molecular weight is 285 g/mol. The number of rotatable bonds is 7. The van der Waals surface area contributed by atoms with Gasteiger partial charge in [0.25, 0.3) is 0 Å². The molecule has 2 rings (SSSR count). The SMILES string of the molecule is C=CCCC(=O)c1nnn(Cc2ccc(OC)cc2)c1C. The third-order valence-corrected chi connectivity index (χ3v) is 3.31. The second-order valence-corrected chi connectivity index (χ2v) is 4.78. The molecule has 21 heavy (non-hydrogen) atoms. The first kappa shape index (κ1) is 15.0. The van der Waals surface area contributed by atoms with Gasteiger partial charge >= 0.3 is 0 Å². The van der Waals surface area contributed by atoms with Crippen LogP contribution in [0.15, 0.2) is 36.9 Å².